The van der Waals surface area contributed by atoms with Crippen molar-refractivity contribution in [3.63, 3.8) is 0 Å². The lowest BCUT2D eigenvalue weighted by molar-refractivity contribution is -0.138. The maximum absolute atomic E-state index is 11.9. The molecule has 1 saturated heterocycles. The van der Waals surface area contributed by atoms with Gasteiger partial charge in [-0.1, -0.05) is 6.92 Å². The SMILES string of the molecule is CCCN1CCN(C(=O)CCCCC(=O)O)CC1. The lowest BCUT2D eigenvalue weighted by Crippen LogP contribution is -2.48. The number of hydrogen-bond acceptors (Lipinski definition) is 3. The Kier molecular flexibility index (Phi) is 6.72. The third kappa shape index (κ3) is 5.49. The zero-order valence-electron chi connectivity index (χ0n) is 11.2. The van der Waals surface area contributed by atoms with Gasteiger partial charge in [-0.15, -0.1) is 0 Å². The Morgan fingerprint density at radius 3 is 2.22 bits per heavy atom. The van der Waals surface area contributed by atoms with Crippen molar-refractivity contribution in [1.29, 1.82) is 0 Å². The molecule has 0 saturated carbocycles. The third-order valence-electron chi connectivity index (χ3n) is 3.30. The number of aliphatic carboxylic acids is 1. The van der Waals surface area contributed by atoms with Gasteiger partial charge in [0.05, 0.1) is 0 Å². The van der Waals surface area contributed by atoms with Gasteiger partial charge in [0.15, 0.2) is 0 Å². The van der Waals surface area contributed by atoms with Crippen LogP contribution < -0.4 is 0 Å². The molecular weight excluding hydrogens is 232 g/mol. The molecule has 1 rings (SSSR count). The summed E-state index contributed by atoms with van der Waals surface area (Å²) in [4.78, 5) is 26.5. The van der Waals surface area contributed by atoms with Crippen molar-refractivity contribution in [1.82, 2.24) is 9.80 Å². The molecule has 5 nitrogen and oxygen atoms in total. The molecule has 104 valence electrons. The maximum atomic E-state index is 11.9. The van der Waals surface area contributed by atoms with Gasteiger partial charge in [-0.3, -0.25) is 14.5 Å². The van der Waals surface area contributed by atoms with Crippen LogP contribution in [0.5, 0.6) is 0 Å². The highest BCUT2D eigenvalue weighted by atomic mass is 16.4. The van der Waals surface area contributed by atoms with E-state index in [9.17, 15) is 9.59 Å². The summed E-state index contributed by atoms with van der Waals surface area (Å²) in [5.74, 6) is -0.604. The molecule has 0 aromatic carbocycles. The van der Waals surface area contributed by atoms with E-state index in [2.05, 4.69) is 11.8 Å². The Morgan fingerprint density at radius 2 is 1.67 bits per heavy atom. The molecule has 1 fully saturated rings. The minimum Gasteiger partial charge on any atom is -0.481 e. The number of carbonyl (C=O) groups is 2. The Labute approximate surface area is 109 Å². The molecule has 1 aliphatic rings. The van der Waals surface area contributed by atoms with E-state index in [4.69, 9.17) is 5.11 Å². The maximum Gasteiger partial charge on any atom is 0.303 e. The quantitative estimate of drug-likeness (QED) is 0.695. The number of hydrogen-bond donors (Lipinski definition) is 1. The molecule has 0 aromatic heterocycles. The second kappa shape index (κ2) is 8.08. The molecule has 1 amide bonds. The van der Waals surface area contributed by atoms with Crippen LogP contribution in [0.1, 0.15) is 39.0 Å². The Balaban J connectivity index is 2.14. The summed E-state index contributed by atoms with van der Waals surface area (Å²) in [6.07, 6.45) is 3.08. The normalized spacial score (nSPS) is 16.8. The van der Waals surface area contributed by atoms with Crippen LogP contribution in [0.3, 0.4) is 0 Å². The van der Waals surface area contributed by atoms with E-state index in [0.29, 0.717) is 19.3 Å². The molecule has 0 spiro atoms. The van der Waals surface area contributed by atoms with Gasteiger partial charge in [-0.2, -0.15) is 0 Å². The van der Waals surface area contributed by atoms with Crippen molar-refractivity contribution in [2.45, 2.75) is 39.0 Å². The number of carboxylic acids is 1. The van der Waals surface area contributed by atoms with E-state index < -0.39 is 5.97 Å². The van der Waals surface area contributed by atoms with Gasteiger partial charge in [-0.25, -0.2) is 0 Å². The van der Waals surface area contributed by atoms with E-state index in [-0.39, 0.29) is 12.3 Å². The van der Waals surface area contributed by atoms with Crippen molar-refractivity contribution < 1.29 is 14.7 Å². The number of nitrogens with zero attached hydrogens (tertiary/aromatic N) is 2. The average molecular weight is 256 g/mol. The monoisotopic (exact) mass is 256 g/mol. The highest BCUT2D eigenvalue weighted by molar-refractivity contribution is 5.76. The van der Waals surface area contributed by atoms with Gasteiger partial charge in [0.25, 0.3) is 0 Å². The fraction of sp³-hybridized carbons (Fsp3) is 0.846. The van der Waals surface area contributed by atoms with E-state index in [1.165, 1.54) is 0 Å². The van der Waals surface area contributed by atoms with Gasteiger partial charge in [-0.05, 0) is 25.8 Å². The molecule has 0 aliphatic carbocycles. The average Bonchev–Trinajstić information content (AvgIpc) is 2.35. The van der Waals surface area contributed by atoms with E-state index in [1.807, 2.05) is 4.90 Å². The van der Waals surface area contributed by atoms with Gasteiger partial charge >= 0.3 is 5.97 Å². The summed E-state index contributed by atoms with van der Waals surface area (Å²) >= 11 is 0. The second-order valence-electron chi connectivity index (χ2n) is 4.82. The molecule has 0 unspecified atom stereocenters. The summed E-state index contributed by atoms with van der Waals surface area (Å²) in [6, 6.07) is 0. The van der Waals surface area contributed by atoms with Crippen LogP contribution in [-0.4, -0.2) is 59.5 Å². The Hall–Kier alpha value is -1.10. The van der Waals surface area contributed by atoms with Crippen LogP contribution in [0.25, 0.3) is 0 Å². The smallest absolute Gasteiger partial charge is 0.303 e. The summed E-state index contributed by atoms with van der Waals surface area (Å²) in [5.41, 5.74) is 0. The topological polar surface area (TPSA) is 60.9 Å². The highest BCUT2D eigenvalue weighted by Gasteiger charge is 2.19. The molecule has 0 bridgehead atoms. The van der Waals surface area contributed by atoms with E-state index >= 15 is 0 Å². The third-order valence-corrected chi connectivity index (χ3v) is 3.30. The van der Waals surface area contributed by atoms with Crippen molar-refractivity contribution in [2.75, 3.05) is 32.7 Å². The minimum atomic E-state index is -0.782. The number of carbonyl (C=O) groups excluding carboxylic acids is 1. The van der Waals surface area contributed by atoms with Gasteiger partial charge in [0.1, 0.15) is 0 Å². The van der Waals surface area contributed by atoms with Crippen molar-refractivity contribution in [3.05, 3.63) is 0 Å². The number of unbranched alkanes of at least 4 members (excludes halogenated alkanes) is 1. The molecule has 0 aromatic rings. The second-order valence-corrected chi connectivity index (χ2v) is 4.82. The summed E-state index contributed by atoms with van der Waals surface area (Å²) < 4.78 is 0. The first kappa shape index (κ1) is 15.0. The first-order chi connectivity index (χ1) is 8.63. The van der Waals surface area contributed by atoms with Gasteiger partial charge < -0.3 is 10.0 Å². The summed E-state index contributed by atoms with van der Waals surface area (Å²) in [5, 5.41) is 8.51. The fourth-order valence-corrected chi connectivity index (χ4v) is 2.25. The predicted molar refractivity (Wildman–Crippen MR) is 69.4 cm³/mol. The molecule has 18 heavy (non-hydrogen) atoms. The molecule has 1 N–H and O–H groups in total. The van der Waals surface area contributed by atoms with Crippen LogP contribution in [0.4, 0.5) is 0 Å². The molecule has 1 aliphatic heterocycles. The number of amides is 1. The van der Waals surface area contributed by atoms with Crippen LogP contribution in [0.2, 0.25) is 0 Å². The van der Waals surface area contributed by atoms with Crippen molar-refractivity contribution >= 4 is 11.9 Å². The van der Waals surface area contributed by atoms with E-state index in [1.54, 1.807) is 0 Å². The van der Waals surface area contributed by atoms with Crippen molar-refractivity contribution in [2.24, 2.45) is 0 Å². The standard InChI is InChI=1S/C13H24N2O3/c1-2-7-14-8-10-15(11-9-14)12(16)5-3-4-6-13(17)18/h2-11H2,1H3,(H,17,18). The first-order valence-corrected chi connectivity index (χ1v) is 6.85. The summed E-state index contributed by atoms with van der Waals surface area (Å²) in [6.45, 7) is 6.85. The zero-order valence-corrected chi connectivity index (χ0v) is 11.2. The van der Waals surface area contributed by atoms with Crippen LogP contribution in [-0.2, 0) is 9.59 Å². The minimum absolute atomic E-state index is 0.164. The fourth-order valence-electron chi connectivity index (χ4n) is 2.25. The summed E-state index contributed by atoms with van der Waals surface area (Å²) in [7, 11) is 0. The van der Waals surface area contributed by atoms with Crippen molar-refractivity contribution in [3.8, 4) is 0 Å². The highest BCUT2D eigenvalue weighted by Crippen LogP contribution is 2.07. The predicted octanol–water partition coefficient (Wildman–Crippen LogP) is 1.19. The number of piperazine rings is 1. The van der Waals surface area contributed by atoms with Crippen LogP contribution in [0, 0.1) is 0 Å². The molecular formula is C13H24N2O3. The lowest BCUT2D eigenvalue weighted by atomic mass is 10.1. The Bertz CT molecular complexity index is 273. The Morgan fingerprint density at radius 1 is 1.06 bits per heavy atom. The van der Waals surface area contributed by atoms with Gasteiger partial charge in [0.2, 0.25) is 5.91 Å². The van der Waals surface area contributed by atoms with Gasteiger partial charge in [0, 0.05) is 39.0 Å². The molecule has 0 atom stereocenters. The molecule has 0 radical (unpaired) electrons. The first-order valence-electron chi connectivity index (χ1n) is 6.85. The van der Waals surface area contributed by atoms with E-state index in [0.717, 1.165) is 39.1 Å². The lowest BCUT2D eigenvalue weighted by Gasteiger charge is -2.34. The zero-order chi connectivity index (χ0) is 13.4. The van der Waals surface area contributed by atoms with Crippen LogP contribution >= 0.6 is 0 Å². The number of rotatable bonds is 7. The largest absolute Gasteiger partial charge is 0.481 e. The van der Waals surface area contributed by atoms with Crippen LogP contribution in [0.15, 0.2) is 0 Å². The molecule has 1 heterocycles. The molecule has 5 heteroatoms. The number of carboxylic acid groups (broad SMARTS) is 1.